The number of aromatic amines is 1. The first-order chi connectivity index (χ1) is 16.1. The van der Waals surface area contributed by atoms with Crippen LogP contribution in [0.15, 0.2) is 23.0 Å². The zero-order valence-electron chi connectivity index (χ0n) is 21.9. The second kappa shape index (κ2) is 9.61. The molecule has 1 aromatic carbocycles. The van der Waals surface area contributed by atoms with Gasteiger partial charge in [-0.05, 0) is 98.0 Å². The Hall–Kier alpha value is -2.54. The molecule has 0 bridgehead atoms. The molecule has 0 radical (unpaired) electrons. The van der Waals surface area contributed by atoms with Gasteiger partial charge in [-0.3, -0.25) is 9.69 Å². The molecule has 1 fully saturated rings. The van der Waals surface area contributed by atoms with Gasteiger partial charge in [-0.2, -0.15) is 0 Å². The Kier molecular flexibility index (Phi) is 6.94. The minimum absolute atomic E-state index is 0.00487. The van der Waals surface area contributed by atoms with Gasteiger partial charge in [-0.25, -0.2) is 4.68 Å². The van der Waals surface area contributed by atoms with Crippen molar-refractivity contribution in [2.24, 2.45) is 5.92 Å². The monoisotopic (exact) mass is 464 g/mol. The number of aryl methyl sites for hydroxylation is 2. The molecule has 0 spiro atoms. The molecule has 0 aliphatic heterocycles. The summed E-state index contributed by atoms with van der Waals surface area (Å²) in [5.41, 5.74) is 3.95. The molecule has 1 N–H and O–H groups in total. The molecule has 184 valence electrons. The van der Waals surface area contributed by atoms with E-state index in [-0.39, 0.29) is 17.1 Å². The summed E-state index contributed by atoms with van der Waals surface area (Å²) in [6.07, 6.45) is 5.67. The van der Waals surface area contributed by atoms with Crippen LogP contribution < -0.4 is 5.56 Å². The normalized spacial score (nSPS) is 16.3. The number of nitrogens with zero attached hydrogens (tertiary/aromatic N) is 5. The lowest BCUT2D eigenvalue weighted by molar-refractivity contribution is 0.0791. The van der Waals surface area contributed by atoms with Crippen LogP contribution in [0.5, 0.6) is 0 Å². The fraction of sp³-hybridized carbons (Fsp3) is 0.630. The van der Waals surface area contributed by atoms with Crippen molar-refractivity contribution in [2.75, 3.05) is 0 Å². The van der Waals surface area contributed by atoms with Gasteiger partial charge in [-0.1, -0.05) is 33.6 Å². The van der Waals surface area contributed by atoms with Gasteiger partial charge < -0.3 is 4.98 Å². The van der Waals surface area contributed by atoms with Gasteiger partial charge in [0.25, 0.3) is 5.56 Å². The molecule has 2 heterocycles. The number of pyridine rings is 1. The maximum Gasteiger partial charge on any atom is 0.252 e. The number of benzene rings is 1. The summed E-state index contributed by atoms with van der Waals surface area (Å²) in [5.74, 6) is 1.19. The van der Waals surface area contributed by atoms with Gasteiger partial charge in [0.2, 0.25) is 0 Å². The Morgan fingerprint density at radius 3 is 2.47 bits per heavy atom. The van der Waals surface area contributed by atoms with Crippen LogP contribution in [0.25, 0.3) is 10.9 Å². The first-order valence-electron chi connectivity index (χ1n) is 12.8. The SMILES string of the molecule is CCC(C)(C)n1nnnc1[C@@H](C(C)C)N(Cc1cc2cc(C)c(C)cc2[nH]c1=O)C1CCCC1. The summed E-state index contributed by atoms with van der Waals surface area (Å²) < 4.78 is 2.01. The zero-order chi connectivity index (χ0) is 24.6. The highest BCUT2D eigenvalue weighted by Gasteiger charge is 2.37. The van der Waals surface area contributed by atoms with E-state index in [1.807, 2.05) is 4.68 Å². The van der Waals surface area contributed by atoms with E-state index >= 15 is 0 Å². The molecule has 0 unspecified atom stereocenters. The Morgan fingerprint density at radius 1 is 1.15 bits per heavy atom. The van der Waals surface area contributed by atoms with Crippen molar-refractivity contribution in [3.05, 3.63) is 51.1 Å². The highest BCUT2D eigenvalue weighted by molar-refractivity contribution is 5.80. The van der Waals surface area contributed by atoms with Crippen LogP contribution in [0.4, 0.5) is 0 Å². The Labute approximate surface area is 202 Å². The van der Waals surface area contributed by atoms with Crippen LogP contribution in [0.3, 0.4) is 0 Å². The van der Waals surface area contributed by atoms with E-state index < -0.39 is 0 Å². The lowest BCUT2D eigenvalue weighted by atomic mass is 9.95. The molecular formula is C27H40N6O. The van der Waals surface area contributed by atoms with Crippen molar-refractivity contribution >= 4 is 10.9 Å². The molecule has 2 aromatic heterocycles. The number of rotatable bonds is 8. The lowest BCUT2D eigenvalue weighted by Crippen LogP contribution is -2.42. The van der Waals surface area contributed by atoms with Gasteiger partial charge in [0.15, 0.2) is 5.82 Å². The summed E-state index contributed by atoms with van der Waals surface area (Å²) in [4.78, 5) is 18.9. The third kappa shape index (κ3) is 4.67. The van der Waals surface area contributed by atoms with Crippen molar-refractivity contribution in [1.82, 2.24) is 30.1 Å². The second-order valence-electron chi connectivity index (χ2n) is 11.1. The van der Waals surface area contributed by atoms with E-state index in [0.717, 1.165) is 41.6 Å². The summed E-state index contributed by atoms with van der Waals surface area (Å²) >= 11 is 0. The predicted molar refractivity (Wildman–Crippen MR) is 137 cm³/mol. The van der Waals surface area contributed by atoms with Crippen molar-refractivity contribution in [2.45, 2.75) is 105 Å². The zero-order valence-corrected chi connectivity index (χ0v) is 21.9. The van der Waals surface area contributed by atoms with Crippen LogP contribution in [0, 0.1) is 19.8 Å². The molecule has 0 saturated heterocycles. The Balaban J connectivity index is 1.80. The van der Waals surface area contributed by atoms with Crippen LogP contribution in [-0.4, -0.2) is 36.1 Å². The summed E-state index contributed by atoms with van der Waals surface area (Å²) in [6.45, 7) is 15.8. The minimum atomic E-state index is -0.177. The van der Waals surface area contributed by atoms with Gasteiger partial charge in [0, 0.05) is 23.7 Å². The average Bonchev–Trinajstić information content (AvgIpc) is 3.47. The molecule has 1 aliphatic rings. The van der Waals surface area contributed by atoms with Crippen LogP contribution in [0.1, 0.15) is 95.3 Å². The molecule has 1 atom stereocenters. The van der Waals surface area contributed by atoms with Crippen molar-refractivity contribution in [3.63, 3.8) is 0 Å². The number of tetrazole rings is 1. The number of hydrogen-bond donors (Lipinski definition) is 1. The van der Waals surface area contributed by atoms with Crippen molar-refractivity contribution < 1.29 is 0 Å². The van der Waals surface area contributed by atoms with E-state index in [4.69, 9.17) is 0 Å². The fourth-order valence-electron chi connectivity index (χ4n) is 5.32. The molecule has 7 nitrogen and oxygen atoms in total. The largest absolute Gasteiger partial charge is 0.322 e. The van der Waals surface area contributed by atoms with E-state index in [1.165, 1.54) is 24.0 Å². The van der Waals surface area contributed by atoms with Crippen molar-refractivity contribution in [1.29, 1.82) is 0 Å². The maximum absolute atomic E-state index is 13.2. The van der Waals surface area contributed by atoms with Crippen LogP contribution in [0.2, 0.25) is 0 Å². The standard InChI is InChI=1S/C27H40N6O/c1-8-27(6,7)33-25(29-30-31-33)24(17(2)3)32(22-11-9-10-12-22)16-21-15-20-13-18(4)19(5)14-23(20)28-26(21)34/h13-15,17,22,24H,8-12,16H2,1-7H3,(H,28,34)/t24-/m1/s1. The number of hydrogen-bond acceptors (Lipinski definition) is 5. The number of H-pyrrole nitrogens is 1. The smallest absolute Gasteiger partial charge is 0.252 e. The summed E-state index contributed by atoms with van der Waals surface area (Å²) in [6, 6.07) is 6.77. The fourth-order valence-corrected chi connectivity index (χ4v) is 5.32. The van der Waals surface area contributed by atoms with Gasteiger partial charge in [-0.15, -0.1) is 5.10 Å². The van der Waals surface area contributed by atoms with Gasteiger partial charge in [0.1, 0.15) is 0 Å². The number of fused-ring (bicyclic) bond motifs is 1. The number of aromatic nitrogens is 5. The van der Waals surface area contributed by atoms with E-state index in [1.54, 1.807) is 0 Å². The molecule has 0 amide bonds. The molecular weight excluding hydrogens is 424 g/mol. The first kappa shape index (κ1) is 24.6. The minimum Gasteiger partial charge on any atom is -0.322 e. The summed E-state index contributed by atoms with van der Waals surface area (Å²) in [5, 5.41) is 14.2. The molecule has 7 heteroatoms. The number of nitrogens with one attached hydrogen (secondary N) is 1. The molecule has 1 aliphatic carbocycles. The Bertz CT molecular complexity index is 1200. The van der Waals surface area contributed by atoms with Gasteiger partial charge >= 0.3 is 0 Å². The quantitative estimate of drug-likeness (QED) is 0.482. The highest BCUT2D eigenvalue weighted by Crippen LogP contribution is 2.37. The lowest BCUT2D eigenvalue weighted by Gasteiger charge is -2.39. The van der Waals surface area contributed by atoms with Crippen LogP contribution in [-0.2, 0) is 12.1 Å². The molecule has 3 aromatic rings. The van der Waals surface area contributed by atoms with E-state index in [9.17, 15) is 4.79 Å². The predicted octanol–water partition coefficient (Wildman–Crippen LogP) is 5.42. The third-order valence-electron chi connectivity index (χ3n) is 7.87. The topological polar surface area (TPSA) is 79.7 Å². The van der Waals surface area contributed by atoms with Gasteiger partial charge in [0.05, 0.1) is 11.6 Å². The molecule has 4 rings (SSSR count). The third-order valence-corrected chi connectivity index (χ3v) is 7.87. The van der Waals surface area contributed by atoms with E-state index in [0.29, 0.717) is 18.5 Å². The van der Waals surface area contributed by atoms with Crippen molar-refractivity contribution in [3.8, 4) is 0 Å². The van der Waals surface area contributed by atoms with Crippen LogP contribution >= 0.6 is 0 Å². The highest BCUT2D eigenvalue weighted by atomic mass is 16.1. The molecule has 34 heavy (non-hydrogen) atoms. The van der Waals surface area contributed by atoms with E-state index in [2.05, 4.69) is 92.1 Å². The Morgan fingerprint density at radius 2 is 1.82 bits per heavy atom. The maximum atomic E-state index is 13.2. The summed E-state index contributed by atoms with van der Waals surface area (Å²) in [7, 11) is 0. The average molecular weight is 465 g/mol. The first-order valence-corrected chi connectivity index (χ1v) is 12.8. The molecule has 1 saturated carbocycles. The second-order valence-corrected chi connectivity index (χ2v) is 11.1.